The highest BCUT2D eigenvalue weighted by atomic mass is 32.1. The standard InChI is InChI=1S/C20H19N3O3S/c1-13-8-10-16(11-9-13)26-12-17(24)22-23-19(25)18-14(2)21-20(27-18)15-6-4-3-5-7-15/h3-11H,12H2,1-2H3,(H,22,24)(H,23,25). The number of benzene rings is 2. The molecule has 0 atom stereocenters. The van der Waals surface area contributed by atoms with Crippen LogP contribution in [0.5, 0.6) is 5.75 Å². The Bertz CT molecular complexity index is 937. The van der Waals surface area contributed by atoms with Crippen LogP contribution in [-0.2, 0) is 4.79 Å². The van der Waals surface area contributed by atoms with Crippen LogP contribution in [0.3, 0.4) is 0 Å². The zero-order valence-electron chi connectivity index (χ0n) is 15.0. The molecule has 2 aromatic carbocycles. The second-order valence-electron chi connectivity index (χ2n) is 5.90. The fourth-order valence-electron chi connectivity index (χ4n) is 2.31. The van der Waals surface area contributed by atoms with E-state index in [1.54, 1.807) is 19.1 Å². The molecular weight excluding hydrogens is 362 g/mol. The van der Waals surface area contributed by atoms with Crippen LogP contribution in [-0.4, -0.2) is 23.4 Å². The molecule has 7 heteroatoms. The molecule has 0 aliphatic heterocycles. The number of hydrogen-bond donors (Lipinski definition) is 2. The first-order chi connectivity index (χ1) is 13.0. The molecule has 2 amide bonds. The summed E-state index contributed by atoms with van der Waals surface area (Å²) in [5, 5.41) is 0.757. The lowest BCUT2D eigenvalue weighted by Crippen LogP contribution is -2.43. The molecule has 3 aromatic rings. The van der Waals surface area contributed by atoms with E-state index in [2.05, 4.69) is 15.8 Å². The molecule has 0 unspecified atom stereocenters. The van der Waals surface area contributed by atoms with Crippen molar-refractivity contribution in [1.29, 1.82) is 0 Å². The SMILES string of the molecule is Cc1ccc(OCC(=O)NNC(=O)c2sc(-c3ccccc3)nc2C)cc1. The lowest BCUT2D eigenvalue weighted by molar-refractivity contribution is -0.123. The van der Waals surface area contributed by atoms with Gasteiger partial charge in [-0.2, -0.15) is 0 Å². The van der Waals surface area contributed by atoms with Gasteiger partial charge >= 0.3 is 0 Å². The fourth-order valence-corrected chi connectivity index (χ4v) is 3.28. The van der Waals surface area contributed by atoms with Gasteiger partial charge in [0.1, 0.15) is 15.6 Å². The fraction of sp³-hybridized carbons (Fsp3) is 0.150. The van der Waals surface area contributed by atoms with Crippen LogP contribution in [0.15, 0.2) is 54.6 Å². The maximum atomic E-state index is 12.3. The van der Waals surface area contributed by atoms with E-state index < -0.39 is 11.8 Å². The topological polar surface area (TPSA) is 80.3 Å². The lowest BCUT2D eigenvalue weighted by atomic mass is 10.2. The molecule has 27 heavy (non-hydrogen) atoms. The van der Waals surface area contributed by atoms with Crippen LogP contribution in [0.4, 0.5) is 0 Å². The van der Waals surface area contributed by atoms with Crippen molar-refractivity contribution in [2.24, 2.45) is 0 Å². The number of nitrogens with zero attached hydrogens (tertiary/aromatic N) is 1. The van der Waals surface area contributed by atoms with Crippen molar-refractivity contribution in [3.63, 3.8) is 0 Å². The number of hydrazine groups is 1. The Hall–Kier alpha value is -3.19. The quantitative estimate of drug-likeness (QED) is 0.665. The molecule has 3 rings (SSSR count). The largest absolute Gasteiger partial charge is 0.484 e. The van der Waals surface area contributed by atoms with E-state index in [-0.39, 0.29) is 6.61 Å². The molecule has 1 aromatic heterocycles. The van der Waals surface area contributed by atoms with E-state index in [9.17, 15) is 9.59 Å². The first-order valence-electron chi connectivity index (χ1n) is 8.34. The summed E-state index contributed by atoms with van der Waals surface area (Å²) in [7, 11) is 0. The summed E-state index contributed by atoms with van der Waals surface area (Å²) in [6, 6.07) is 17.0. The second-order valence-corrected chi connectivity index (χ2v) is 6.90. The molecule has 0 spiro atoms. The molecule has 0 fully saturated rings. The highest BCUT2D eigenvalue weighted by Gasteiger charge is 2.16. The Morgan fingerprint density at radius 1 is 1.00 bits per heavy atom. The number of amides is 2. The van der Waals surface area contributed by atoms with Crippen LogP contribution in [0, 0.1) is 13.8 Å². The number of carbonyl (C=O) groups excluding carboxylic acids is 2. The minimum absolute atomic E-state index is 0.194. The van der Waals surface area contributed by atoms with Crippen LogP contribution in [0.1, 0.15) is 20.9 Å². The molecule has 138 valence electrons. The highest BCUT2D eigenvalue weighted by Crippen LogP contribution is 2.27. The van der Waals surface area contributed by atoms with E-state index in [0.29, 0.717) is 16.3 Å². The predicted octanol–water partition coefficient (Wildman–Crippen LogP) is 3.27. The Kier molecular flexibility index (Phi) is 5.83. The van der Waals surface area contributed by atoms with E-state index >= 15 is 0 Å². The molecule has 0 aliphatic rings. The first kappa shape index (κ1) is 18.6. The van der Waals surface area contributed by atoms with Gasteiger partial charge < -0.3 is 4.74 Å². The van der Waals surface area contributed by atoms with Crippen molar-refractivity contribution in [3.05, 3.63) is 70.7 Å². The highest BCUT2D eigenvalue weighted by molar-refractivity contribution is 7.17. The molecule has 2 N–H and O–H groups in total. The van der Waals surface area contributed by atoms with E-state index in [1.807, 2.05) is 49.4 Å². The Balaban J connectivity index is 1.54. The zero-order chi connectivity index (χ0) is 19.2. The van der Waals surface area contributed by atoms with Crippen LogP contribution < -0.4 is 15.6 Å². The minimum atomic E-state index is -0.450. The third kappa shape index (κ3) is 4.92. The number of nitrogens with one attached hydrogen (secondary N) is 2. The number of thiazole rings is 1. The summed E-state index contributed by atoms with van der Waals surface area (Å²) in [5.41, 5.74) is 7.42. The summed E-state index contributed by atoms with van der Waals surface area (Å²) in [6.07, 6.45) is 0. The number of carbonyl (C=O) groups is 2. The summed E-state index contributed by atoms with van der Waals surface area (Å²) < 4.78 is 5.37. The van der Waals surface area contributed by atoms with Crippen LogP contribution >= 0.6 is 11.3 Å². The summed E-state index contributed by atoms with van der Waals surface area (Å²) in [4.78, 5) is 29.1. The monoisotopic (exact) mass is 381 g/mol. The van der Waals surface area contributed by atoms with Gasteiger partial charge in [-0.25, -0.2) is 4.98 Å². The number of hydrogen-bond acceptors (Lipinski definition) is 5. The molecule has 1 heterocycles. The maximum Gasteiger partial charge on any atom is 0.281 e. The smallest absolute Gasteiger partial charge is 0.281 e. The Morgan fingerprint density at radius 2 is 1.70 bits per heavy atom. The third-order valence-electron chi connectivity index (χ3n) is 3.73. The van der Waals surface area contributed by atoms with Crippen molar-refractivity contribution in [2.45, 2.75) is 13.8 Å². The molecule has 0 radical (unpaired) electrons. The molecule has 0 saturated heterocycles. The van der Waals surface area contributed by atoms with E-state index in [1.165, 1.54) is 11.3 Å². The number of aryl methyl sites for hydroxylation is 2. The van der Waals surface area contributed by atoms with Crippen molar-refractivity contribution in [1.82, 2.24) is 15.8 Å². The van der Waals surface area contributed by atoms with Crippen molar-refractivity contribution in [3.8, 4) is 16.3 Å². The third-order valence-corrected chi connectivity index (χ3v) is 4.94. The van der Waals surface area contributed by atoms with Gasteiger partial charge in [-0.15, -0.1) is 11.3 Å². The minimum Gasteiger partial charge on any atom is -0.484 e. The average molecular weight is 381 g/mol. The summed E-state index contributed by atoms with van der Waals surface area (Å²) in [5.74, 6) is -0.266. The van der Waals surface area contributed by atoms with Gasteiger partial charge in [0.05, 0.1) is 5.69 Å². The van der Waals surface area contributed by atoms with Gasteiger partial charge in [0.15, 0.2) is 6.61 Å². The van der Waals surface area contributed by atoms with Crippen molar-refractivity contribution >= 4 is 23.2 Å². The zero-order valence-corrected chi connectivity index (χ0v) is 15.8. The van der Waals surface area contributed by atoms with Gasteiger partial charge in [-0.3, -0.25) is 20.4 Å². The molecule has 0 bridgehead atoms. The van der Waals surface area contributed by atoms with E-state index in [0.717, 1.165) is 16.1 Å². The van der Waals surface area contributed by atoms with Gasteiger partial charge in [0.25, 0.3) is 11.8 Å². The molecular formula is C20H19N3O3S. The second kappa shape index (κ2) is 8.46. The molecule has 0 saturated carbocycles. The number of rotatable bonds is 5. The van der Waals surface area contributed by atoms with Gasteiger partial charge in [0.2, 0.25) is 0 Å². The van der Waals surface area contributed by atoms with Crippen molar-refractivity contribution < 1.29 is 14.3 Å². The van der Waals surface area contributed by atoms with Gasteiger partial charge in [0, 0.05) is 5.56 Å². The van der Waals surface area contributed by atoms with Gasteiger partial charge in [-0.05, 0) is 26.0 Å². The molecule has 6 nitrogen and oxygen atoms in total. The van der Waals surface area contributed by atoms with Crippen molar-refractivity contribution in [2.75, 3.05) is 6.61 Å². The first-order valence-corrected chi connectivity index (χ1v) is 9.16. The van der Waals surface area contributed by atoms with E-state index in [4.69, 9.17) is 4.74 Å². The summed E-state index contributed by atoms with van der Waals surface area (Å²) in [6.45, 7) is 3.54. The average Bonchev–Trinajstić information content (AvgIpc) is 3.08. The normalized spacial score (nSPS) is 10.3. The predicted molar refractivity (Wildman–Crippen MR) is 105 cm³/mol. The molecule has 0 aliphatic carbocycles. The van der Waals surface area contributed by atoms with Crippen LogP contribution in [0.25, 0.3) is 10.6 Å². The lowest BCUT2D eigenvalue weighted by Gasteiger charge is -2.08. The number of aromatic nitrogens is 1. The van der Waals surface area contributed by atoms with Gasteiger partial charge in [-0.1, -0.05) is 48.0 Å². The van der Waals surface area contributed by atoms with Crippen LogP contribution in [0.2, 0.25) is 0 Å². The maximum absolute atomic E-state index is 12.3. The Morgan fingerprint density at radius 3 is 2.41 bits per heavy atom. The Labute approximate surface area is 161 Å². The number of ether oxygens (including phenoxy) is 1. The summed E-state index contributed by atoms with van der Waals surface area (Å²) >= 11 is 1.28.